The van der Waals surface area contributed by atoms with Crippen LogP contribution in [0, 0.1) is 0 Å². The topological polar surface area (TPSA) is 57.5 Å². The fraction of sp³-hybridized carbons (Fsp3) is 0.600. The number of nitrogens with one attached hydrogen (secondary N) is 2. The van der Waals surface area contributed by atoms with Gasteiger partial charge in [-0.1, -0.05) is 6.92 Å². The molecule has 0 atom stereocenters. The van der Waals surface area contributed by atoms with Crippen LogP contribution in [0.5, 0.6) is 0 Å². The highest BCUT2D eigenvalue weighted by Gasteiger charge is 2.25. The van der Waals surface area contributed by atoms with Crippen LogP contribution in [0.1, 0.15) is 26.2 Å². The van der Waals surface area contributed by atoms with E-state index in [1.54, 1.807) is 0 Å². The standard InChI is InChI=1S/C15H24N6/c1-3-6-16-13-11-21-10-8-18-15(21)14(19-13)17-7-9-20(2)12-4-5-12/h8,10-12,16H,3-7,9H2,1-2H3,(H,17,19). The van der Waals surface area contributed by atoms with Crippen molar-refractivity contribution in [3.05, 3.63) is 18.6 Å². The SMILES string of the molecule is CCCNc1cn2ccnc2c(NCCN(C)C2CC2)n1. The second-order valence-corrected chi connectivity index (χ2v) is 5.70. The molecule has 2 heterocycles. The van der Waals surface area contributed by atoms with Crippen molar-refractivity contribution < 1.29 is 0 Å². The van der Waals surface area contributed by atoms with E-state index in [0.717, 1.165) is 49.4 Å². The van der Waals surface area contributed by atoms with E-state index in [-0.39, 0.29) is 0 Å². The Kier molecular flexibility index (Phi) is 4.24. The molecule has 6 heteroatoms. The lowest BCUT2D eigenvalue weighted by Gasteiger charge is -2.16. The molecule has 0 aromatic carbocycles. The first-order valence-corrected chi connectivity index (χ1v) is 7.79. The molecule has 114 valence electrons. The maximum Gasteiger partial charge on any atom is 0.180 e. The van der Waals surface area contributed by atoms with Crippen molar-refractivity contribution in [2.45, 2.75) is 32.2 Å². The number of anilines is 2. The number of likely N-dealkylation sites (N-methyl/N-ethyl adjacent to an activating group) is 1. The third kappa shape index (κ3) is 3.44. The number of fused-ring (bicyclic) bond motifs is 1. The minimum Gasteiger partial charge on any atom is -0.369 e. The summed E-state index contributed by atoms with van der Waals surface area (Å²) in [5, 5.41) is 6.76. The number of hydrogen-bond acceptors (Lipinski definition) is 5. The second kappa shape index (κ2) is 6.30. The highest BCUT2D eigenvalue weighted by Crippen LogP contribution is 2.24. The Balaban J connectivity index is 1.67. The molecule has 1 aliphatic carbocycles. The lowest BCUT2D eigenvalue weighted by atomic mass is 10.4. The van der Waals surface area contributed by atoms with Gasteiger partial charge in [0.2, 0.25) is 0 Å². The van der Waals surface area contributed by atoms with Gasteiger partial charge in [-0.05, 0) is 26.3 Å². The molecule has 1 saturated carbocycles. The van der Waals surface area contributed by atoms with E-state index >= 15 is 0 Å². The zero-order valence-corrected chi connectivity index (χ0v) is 12.8. The summed E-state index contributed by atoms with van der Waals surface area (Å²) in [6.07, 6.45) is 9.52. The minimum atomic E-state index is 0.795. The van der Waals surface area contributed by atoms with Crippen molar-refractivity contribution in [2.75, 3.05) is 37.3 Å². The van der Waals surface area contributed by atoms with E-state index in [2.05, 4.69) is 39.5 Å². The Bertz CT molecular complexity index is 589. The zero-order chi connectivity index (χ0) is 14.7. The van der Waals surface area contributed by atoms with Gasteiger partial charge in [0.15, 0.2) is 11.5 Å². The Morgan fingerprint density at radius 2 is 2.19 bits per heavy atom. The van der Waals surface area contributed by atoms with Crippen LogP contribution in [-0.4, -0.2) is 52.0 Å². The highest BCUT2D eigenvalue weighted by atomic mass is 15.2. The van der Waals surface area contributed by atoms with Crippen LogP contribution in [0.4, 0.5) is 11.6 Å². The molecule has 0 bridgehead atoms. The van der Waals surface area contributed by atoms with E-state index in [1.807, 2.05) is 23.0 Å². The van der Waals surface area contributed by atoms with Gasteiger partial charge in [-0.25, -0.2) is 9.97 Å². The molecule has 2 aromatic heterocycles. The summed E-state index contributed by atoms with van der Waals surface area (Å²) in [4.78, 5) is 11.4. The van der Waals surface area contributed by atoms with Crippen molar-refractivity contribution in [1.82, 2.24) is 19.3 Å². The second-order valence-electron chi connectivity index (χ2n) is 5.70. The van der Waals surface area contributed by atoms with Gasteiger partial charge < -0.3 is 19.9 Å². The first-order valence-electron chi connectivity index (χ1n) is 7.79. The van der Waals surface area contributed by atoms with Crippen molar-refractivity contribution in [1.29, 1.82) is 0 Å². The molecule has 0 unspecified atom stereocenters. The maximum absolute atomic E-state index is 4.64. The summed E-state index contributed by atoms with van der Waals surface area (Å²) in [6.45, 7) is 5.00. The van der Waals surface area contributed by atoms with E-state index in [0.29, 0.717) is 0 Å². The van der Waals surface area contributed by atoms with E-state index in [9.17, 15) is 0 Å². The van der Waals surface area contributed by atoms with Crippen molar-refractivity contribution in [3.63, 3.8) is 0 Å². The molecule has 21 heavy (non-hydrogen) atoms. The van der Waals surface area contributed by atoms with Gasteiger partial charge in [-0.15, -0.1) is 0 Å². The van der Waals surface area contributed by atoms with Crippen molar-refractivity contribution in [3.8, 4) is 0 Å². The van der Waals surface area contributed by atoms with Gasteiger partial charge in [0.25, 0.3) is 0 Å². The average molecular weight is 288 g/mol. The minimum absolute atomic E-state index is 0.795. The van der Waals surface area contributed by atoms with Gasteiger partial charge in [0, 0.05) is 38.1 Å². The van der Waals surface area contributed by atoms with Crippen LogP contribution in [0.15, 0.2) is 18.6 Å². The molecular formula is C15H24N6. The van der Waals surface area contributed by atoms with Crippen molar-refractivity contribution in [2.24, 2.45) is 0 Å². The monoisotopic (exact) mass is 288 g/mol. The molecule has 2 N–H and O–H groups in total. The fourth-order valence-corrected chi connectivity index (χ4v) is 2.44. The Hall–Kier alpha value is -1.82. The van der Waals surface area contributed by atoms with Crippen LogP contribution in [-0.2, 0) is 0 Å². The third-order valence-electron chi connectivity index (χ3n) is 3.86. The Labute approximate surface area is 125 Å². The predicted molar refractivity (Wildman–Crippen MR) is 85.9 cm³/mol. The molecule has 0 saturated heterocycles. The molecule has 6 nitrogen and oxygen atoms in total. The summed E-state index contributed by atoms with van der Waals surface area (Å²) in [6, 6.07) is 0.795. The number of rotatable bonds is 8. The van der Waals surface area contributed by atoms with Gasteiger partial charge in [0.05, 0.1) is 6.20 Å². The molecule has 1 fully saturated rings. The van der Waals surface area contributed by atoms with Gasteiger partial charge in [-0.2, -0.15) is 0 Å². The predicted octanol–water partition coefficient (Wildman–Crippen LogP) is 2.06. The highest BCUT2D eigenvalue weighted by molar-refractivity contribution is 5.65. The number of nitrogens with zero attached hydrogens (tertiary/aromatic N) is 4. The van der Waals surface area contributed by atoms with E-state index < -0.39 is 0 Å². The van der Waals surface area contributed by atoms with Crippen LogP contribution in [0.2, 0.25) is 0 Å². The molecule has 2 aromatic rings. The summed E-state index contributed by atoms with van der Waals surface area (Å²) >= 11 is 0. The van der Waals surface area contributed by atoms with Crippen molar-refractivity contribution >= 4 is 17.3 Å². The number of hydrogen-bond donors (Lipinski definition) is 2. The summed E-state index contributed by atoms with van der Waals surface area (Å²) in [7, 11) is 2.19. The Morgan fingerprint density at radius 3 is 2.95 bits per heavy atom. The van der Waals surface area contributed by atoms with Crippen LogP contribution in [0.25, 0.3) is 5.65 Å². The smallest absolute Gasteiger partial charge is 0.180 e. The van der Waals surface area contributed by atoms with E-state index in [1.165, 1.54) is 12.8 Å². The molecule has 3 rings (SSSR count). The van der Waals surface area contributed by atoms with Crippen LogP contribution >= 0.6 is 0 Å². The third-order valence-corrected chi connectivity index (χ3v) is 3.86. The fourth-order valence-electron chi connectivity index (χ4n) is 2.44. The summed E-state index contributed by atoms with van der Waals surface area (Å²) < 4.78 is 2.01. The molecule has 1 aliphatic rings. The molecule has 0 amide bonds. The molecule has 0 spiro atoms. The number of imidazole rings is 1. The first kappa shape index (κ1) is 14.1. The molecular weight excluding hydrogens is 264 g/mol. The first-order chi connectivity index (χ1) is 10.3. The van der Waals surface area contributed by atoms with E-state index in [4.69, 9.17) is 0 Å². The van der Waals surface area contributed by atoms with Gasteiger partial charge in [-0.3, -0.25) is 0 Å². The summed E-state index contributed by atoms with van der Waals surface area (Å²) in [5.74, 6) is 1.74. The van der Waals surface area contributed by atoms with Gasteiger partial charge in [0.1, 0.15) is 5.82 Å². The largest absolute Gasteiger partial charge is 0.369 e. The summed E-state index contributed by atoms with van der Waals surface area (Å²) in [5.41, 5.74) is 0.881. The van der Waals surface area contributed by atoms with Crippen LogP contribution < -0.4 is 10.6 Å². The maximum atomic E-state index is 4.64. The Morgan fingerprint density at radius 1 is 1.33 bits per heavy atom. The lowest BCUT2D eigenvalue weighted by molar-refractivity contribution is 0.337. The van der Waals surface area contributed by atoms with Crippen LogP contribution in [0.3, 0.4) is 0 Å². The number of aromatic nitrogens is 3. The average Bonchev–Trinajstić information content (AvgIpc) is 3.23. The van der Waals surface area contributed by atoms with Gasteiger partial charge >= 0.3 is 0 Å². The zero-order valence-electron chi connectivity index (χ0n) is 12.8. The quantitative estimate of drug-likeness (QED) is 0.778. The normalized spacial score (nSPS) is 14.8. The molecule has 0 radical (unpaired) electrons. The molecule has 0 aliphatic heterocycles. The lowest BCUT2D eigenvalue weighted by Crippen LogP contribution is -2.27.